The van der Waals surface area contributed by atoms with Crippen LogP contribution in [0.2, 0.25) is 0 Å². The van der Waals surface area contributed by atoms with Crippen molar-refractivity contribution in [2.45, 2.75) is 26.7 Å². The number of nitrogens with zero attached hydrogens (tertiary/aromatic N) is 1. The van der Waals surface area contributed by atoms with Gasteiger partial charge in [-0.3, -0.25) is 9.78 Å². The van der Waals surface area contributed by atoms with Gasteiger partial charge in [-0.15, -0.1) is 0 Å². The summed E-state index contributed by atoms with van der Waals surface area (Å²) in [6.45, 7) is 5.30. The number of aromatic nitrogens is 1. The van der Waals surface area contributed by atoms with Crippen LogP contribution in [0.25, 0.3) is 0 Å². The Hall–Kier alpha value is -1.42. The molecule has 4 nitrogen and oxygen atoms in total. The molecule has 0 aromatic carbocycles. The molecule has 0 saturated heterocycles. The number of carbonyl (C=O) groups excluding carboxylic acids is 1. The first-order valence-electron chi connectivity index (χ1n) is 6.08. The summed E-state index contributed by atoms with van der Waals surface area (Å²) < 4.78 is 0. The number of amides is 1. The van der Waals surface area contributed by atoms with E-state index < -0.39 is 0 Å². The lowest BCUT2D eigenvalue weighted by atomic mass is 10.0. The van der Waals surface area contributed by atoms with Crippen LogP contribution < -0.4 is 11.1 Å². The summed E-state index contributed by atoms with van der Waals surface area (Å²) >= 11 is 0. The number of carbonyl (C=O) groups is 1. The molecule has 1 amide bonds. The molecule has 1 unspecified atom stereocenters. The van der Waals surface area contributed by atoms with E-state index in [2.05, 4.69) is 17.2 Å². The van der Waals surface area contributed by atoms with Crippen molar-refractivity contribution in [3.05, 3.63) is 29.6 Å². The van der Waals surface area contributed by atoms with Crippen molar-refractivity contribution in [2.75, 3.05) is 13.1 Å². The average molecular weight is 235 g/mol. The molecule has 0 spiro atoms. The van der Waals surface area contributed by atoms with Gasteiger partial charge in [0.25, 0.3) is 5.91 Å². The first-order valence-corrected chi connectivity index (χ1v) is 6.08. The van der Waals surface area contributed by atoms with Crippen LogP contribution in [0.15, 0.2) is 18.3 Å². The second kappa shape index (κ2) is 7.01. The zero-order chi connectivity index (χ0) is 12.7. The van der Waals surface area contributed by atoms with E-state index in [-0.39, 0.29) is 5.91 Å². The fourth-order valence-electron chi connectivity index (χ4n) is 1.74. The van der Waals surface area contributed by atoms with E-state index in [4.69, 9.17) is 5.73 Å². The van der Waals surface area contributed by atoms with E-state index >= 15 is 0 Å². The van der Waals surface area contributed by atoms with Crippen molar-refractivity contribution >= 4 is 5.91 Å². The monoisotopic (exact) mass is 235 g/mol. The minimum atomic E-state index is -0.0499. The minimum Gasteiger partial charge on any atom is -0.352 e. The minimum absolute atomic E-state index is 0.0499. The summed E-state index contributed by atoms with van der Waals surface area (Å²) in [4.78, 5) is 16.0. The fraction of sp³-hybridized carbons (Fsp3) is 0.538. The molecule has 0 fully saturated rings. The highest BCUT2D eigenvalue weighted by atomic mass is 16.1. The summed E-state index contributed by atoms with van der Waals surface area (Å²) in [6.07, 6.45) is 3.67. The van der Waals surface area contributed by atoms with E-state index in [1.54, 1.807) is 18.3 Å². The quantitative estimate of drug-likeness (QED) is 0.785. The standard InChI is InChI=1S/C13H21N3O/c1-3-11(6-7-14)9-16-13(17)12-5-4-8-15-10(12)2/h4-5,8,11H,3,6-7,9,14H2,1-2H3,(H,16,17). The Morgan fingerprint density at radius 1 is 1.59 bits per heavy atom. The van der Waals surface area contributed by atoms with Crippen molar-refractivity contribution in [2.24, 2.45) is 11.7 Å². The Bertz CT molecular complexity index is 365. The summed E-state index contributed by atoms with van der Waals surface area (Å²) in [5.41, 5.74) is 6.93. The number of pyridine rings is 1. The number of hydrogen-bond donors (Lipinski definition) is 2. The molecule has 0 saturated carbocycles. The van der Waals surface area contributed by atoms with Gasteiger partial charge in [0, 0.05) is 18.4 Å². The first kappa shape index (κ1) is 13.6. The second-order valence-corrected chi connectivity index (χ2v) is 4.20. The molecule has 1 heterocycles. The van der Waals surface area contributed by atoms with Crippen LogP contribution in [0.3, 0.4) is 0 Å². The summed E-state index contributed by atoms with van der Waals surface area (Å²) in [5.74, 6) is 0.409. The fourth-order valence-corrected chi connectivity index (χ4v) is 1.74. The van der Waals surface area contributed by atoms with Crippen molar-refractivity contribution in [3.8, 4) is 0 Å². The molecule has 4 heteroatoms. The van der Waals surface area contributed by atoms with E-state index in [1.807, 2.05) is 6.92 Å². The Labute approximate surface area is 103 Å². The molecule has 94 valence electrons. The van der Waals surface area contributed by atoms with Gasteiger partial charge in [-0.2, -0.15) is 0 Å². The highest BCUT2D eigenvalue weighted by Crippen LogP contribution is 2.07. The van der Waals surface area contributed by atoms with Crippen LogP contribution in [0, 0.1) is 12.8 Å². The van der Waals surface area contributed by atoms with Crippen LogP contribution in [0.1, 0.15) is 35.8 Å². The second-order valence-electron chi connectivity index (χ2n) is 4.20. The third-order valence-electron chi connectivity index (χ3n) is 2.96. The molecular formula is C13H21N3O. The van der Waals surface area contributed by atoms with Gasteiger partial charge in [-0.1, -0.05) is 13.3 Å². The molecule has 0 aliphatic carbocycles. The Kier molecular flexibility index (Phi) is 5.63. The van der Waals surface area contributed by atoms with Crippen LogP contribution in [-0.4, -0.2) is 24.0 Å². The lowest BCUT2D eigenvalue weighted by molar-refractivity contribution is 0.0945. The third-order valence-corrected chi connectivity index (χ3v) is 2.96. The molecule has 0 bridgehead atoms. The van der Waals surface area contributed by atoms with Crippen LogP contribution in [0.5, 0.6) is 0 Å². The lowest BCUT2D eigenvalue weighted by Gasteiger charge is -2.14. The molecule has 17 heavy (non-hydrogen) atoms. The normalized spacial score (nSPS) is 12.2. The van der Waals surface area contributed by atoms with Gasteiger partial charge in [-0.25, -0.2) is 0 Å². The molecule has 0 aliphatic heterocycles. The third kappa shape index (κ3) is 4.15. The predicted octanol–water partition coefficient (Wildman–Crippen LogP) is 1.49. The maximum absolute atomic E-state index is 11.9. The molecule has 3 N–H and O–H groups in total. The summed E-state index contributed by atoms with van der Waals surface area (Å²) in [5, 5.41) is 2.94. The Morgan fingerprint density at radius 2 is 2.35 bits per heavy atom. The molecule has 1 aromatic rings. The van der Waals surface area contributed by atoms with Gasteiger partial charge >= 0.3 is 0 Å². The van der Waals surface area contributed by atoms with Crippen molar-refractivity contribution in [1.29, 1.82) is 0 Å². The van der Waals surface area contributed by atoms with Crippen molar-refractivity contribution in [3.63, 3.8) is 0 Å². The van der Waals surface area contributed by atoms with Gasteiger partial charge < -0.3 is 11.1 Å². The van der Waals surface area contributed by atoms with Gasteiger partial charge in [-0.05, 0) is 37.9 Å². The van der Waals surface area contributed by atoms with E-state index in [0.29, 0.717) is 24.6 Å². The molecule has 0 aliphatic rings. The van der Waals surface area contributed by atoms with Gasteiger partial charge in [0.15, 0.2) is 0 Å². The molecule has 0 radical (unpaired) electrons. The molecule has 1 rings (SSSR count). The number of rotatable bonds is 6. The largest absolute Gasteiger partial charge is 0.352 e. The van der Waals surface area contributed by atoms with E-state index in [9.17, 15) is 4.79 Å². The zero-order valence-electron chi connectivity index (χ0n) is 10.6. The zero-order valence-corrected chi connectivity index (χ0v) is 10.6. The SMILES string of the molecule is CCC(CCN)CNC(=O)c1cccnc1C. The maximum Gasteiger partial charge on any atom is 0.253 e. The van der Waals surface area contributed by atoms with Gasteiger partial charge in [0.05, 0.1) is 5.56 Å². The predicted molar refractivity (Wildman–Crippen MR) is 68.8 cm³/mol. The van der Waals surface area contributed by atoms with Gasteiger partial charge in [0.1, 0.15) is 0 Å². The van der Waals surface area contributed by atoms with Crippen LogP contribution in [0.4, 0.5) is 0 Å². The first-order chi connectivity index (χ1) is 8.19. The Morgan fingerprint density at radius 3 is 2.94 bits per heavy atom. The highest BCUT2D eigenvalue weighted by molar-refractivity contribution is 5.95. The smallest absolute Gasteiger partial charge is 0.253 e. The number of hydrogen-bond acceptors (Lipinski definition) is 3. The van der Waals surface area contributed by atoms with E-state index in [1.165, 1.54) is 0 Å². The molecular weight excluding hydrogens is 214 g/mol. The molecule has 1 atom stereocenters. The van der Waals surface area contributed by atoms with Crippen molar-refractivity contribution < 1.29 is 4.79 Å². The number of aryl methyl sites for hydroxylation is 1. The maximum atomic E-state index is 11.9. The average Bonchev–Trinajstić information content (AvgIpc) is 2.34. The molecule has 1 aromatic heterocycles. The summed E-state index contributed by atoms with van der Waals surface area (Å²) in [7, 11) is 0. The van der Waals surface area contributed by atoms with Gasteiger partial charge in [0.2, 0.25) is 0 Å². The van der Waals surface area contributed by atoms with Crippen LogP contribution >= 0.6 is 0 Å². The number of nitrogens with two attached hydrogens (primary N) is 1. The Balaban J connectivity index is 2.52. The lowest BCUT2D eigenvalue weighted by Crippen LogP contribution is -2.30. The van der Waals surface area contributed by atoms with Crippen molar-refractivity contribution in [1.82, 2.24) is 10.3 Å². The topological polar surface area (TPSA) is 68.0 Å². The highest BCUT2D eigenvalue weighted by Gasteiger charge is 2.11. The summed E-state index contributed by atoms with van der Waals surface area (Å²) in [6, 6.07) is 3.57. The number of nitrogens with one attached hydrogen (secondary N) is 1. The van der Waals surface area contributed by atoms with Crippen LogP contribution in [-0.2, 0) is 0 Å². The van der Waals surface area contributed by atoms with E-state index in [0.717, 1.165) is 18.5 Å².